The predicted molar refractivity (Wildman–Crippen MR) is 69.6 cm³/mol. The molecule has 7 nitrogen and oxygen atoms in total. The van der Waals surface area contributed by atoms with Gasteiger partial charge in [0, 0.05) is 17.4 Å². The summed E-state index contributed by atoms with van der Waals surface area (Å²) in [6.45, 7) is -0.353. The topological polar surface area (TPSA) is 111 Å². The number of halogens is 3. The second kappa shape index (κ2) is 7.02. The van der Waals surface area contributed by atoms with Gasteiger partial charge in [-0.3, -0.25) is 10.1 Å². The van der Waals surface area contributed by atoms with E-state index in [1.165, 1.54) is 12.1 Å². The first kappa shape index (κ1) is 16.9. The lowest BCUT2D eigenvalue weighted by Gasteiger charge is -2.09. The Morgan fingerprint density at radius 3 is 2.71 bits per heavy atom. The second-order valence-electron chi connectivity index (χ2n) is 3.57. The van der Waals surface area contributed by atoms with Crippen molar-refractivity contribution < 1.29 is 28.0 Å². The molecule has 1 rings (SSSR count). The second-order valence-corrected chi connectivity index (χ2v) is 4.73. The van der Waals surface area contributed by atoms with Crippen molar-refractivity contribution >= 4 is 23.3 Å². The molecular weight excluding hydrogens is 315 g/mol. The zero-order chi connectivity index (χ0) is 16.0. The number of nitrogens with zero attached hydrogens (tertiary/aromatic N) is 2. The van der Waals surface area contributed by atoms with Crippen molar-refractivity contribution in [3.63, 3.8) is 0 Å². The van der Waals surface area contributed by atoms with Gasteiger partial charge in [-0.05, 0) is 23.9 Å². The third-order valence-electron chi connectivity index (χ3n) is 2.17. The fraction of sp³-hybridized carbons (Fsp3) is 0.300. The first-order chi connectivity index (χ1) is 9.74. The van der Waals surface area contributed by atoms with Crippen LogP contribution in [0.5, 0.6) is 5.75 Å². The van der Waals surface area contributed by atoms with Gasteiger partial charge in [-0.25, -0.2) is 0 Å². The molecular formula is C10H10F3N3O4S. The van der Waals surface area contributed by atoms with Gasteiger partial charge in [0.1, 0.15) is 0 Å². The fourth-order valence-electron chi connectivity index (χ4n) is 1.31. The van der Waals surface area contributed by atoms with Crippen LogP contribution in [-0.4, -0.2) is 33.8 Å². The molecule has 0 saturated carbocycles. The van der Waals surface area contributed by atoms with Crippen LogP contribution in [0.15, 0.2) is 23.4 Å². The number of benzene rings is 1. The van der Waals surface area contributed by atoms with E-state index in [-0.39, 0.29) is 35.5 Å². The molecule has 0 saturated heterocycles. The molecule has 11 heteroatoms. The molecule has 0 aromatic heterocycles. The highest BCUT2D eigenvalue weighted by Gasteiger charge is 2.27. The molecule has 0 spiro atoms. The molecule has 0 aliphatic carbocycles. The standard InChI is InChI=1S/C10H10F3N3O4S/c11-10(12,13)21-4-3-20-8-2-1-6(9(14)15-17)5-7(8)16(18)19/h1-2,5,17H,3-4H2,(H2,14,15). The van der Waals surface area contributed by atoms with Gasteiger partial charge >= 0.3 is 11.2 Å². The summed E-state index contributed by atoms with van der Waals surface area (Å²) in [6, 6.07) is 3.46. The summed E-state index contributed by atoms with van der Waals surface area (Å²) < 4.78 is 40.7. The van der Waals surface area contributed by atoms with Crippen LogP contribution in [0.3, 0.4) is 0 Å². The van der Waals surface area contributed by atoms with Crippen LogP contribution in [0.1, 0.15) is 5.56 Å². The van der Waals surface area contributed by atoms with Gasteiger partial charge in [0.15, 0.2) is 11.6 Å². The number of alkyl halides is 3. The average molecular weight is 325 g/mol. The molecule has 1 aromatic carbocycles. The van der Waals surface area contributed by atoms with E-state index in [1.54, 1.807) is 0 Å². The maximum absolute atomic E-state index is 11.9. The van der Waals surface area contributed by atoms with Crippen molar-refractivity contribution in [2.45, 2.75) is 5.51 Å². The highest BCUT2D eigenvalue weighted by atomic mass is 32.2. The lowest BCUT2D eigenvalue weighted by Crippen LogP contribution is -2.14. The van der Waals surface area contributed by atoms with Gasteiger partial charge in [0.25, 0.3) is 0 Å². The molecule has 0 aliphatic heterocycles. The van der Waals surface area contributed by atoms with E-state index in [1.807, 2.05) is 0 Å². The molecule has 0 bridgehead atoms. The summed E-state index contributed by atoms with van der Waals surface area (Å²) in [7, 11) is 0. The Morgan fingerprint density at radius 2 is 2.19 bits per heavy atom. The van der Waals surface area contributed by atoms with E-state index in [2.05, 4.69) is 5.16 Å². The molecule has 116 valence electrons. The van der Waals surface area contributed by atoms with Crippen molar-refractivity contribution in [1.29, 1.82) is 0 Å². The molecule has 0 atom stereocenters. The molecule has 0 fully saturated rings. The lowest BCUT2D eigenvalue weighted by molar-refractivity contribution is -0.385. The Morgan fingerprint density at radius 1 is 1.52 bits per heavy atom. The first-order valence-electron chi connectivity index (χ1n) is 5.34. The van der Waals surface area contributed by atoms with E-state index in [4.69, 9.17) is 15.7 Å². The van der Waals surface area contributed by atoms with Gasteiger partial charge in [0.2, 0.25) is 0 Å². The third-order valence-corrected chi connectivity index (χ3v) is 2.86. The number of hydrogen-bond donors (Lipinski definition) is 2. The van der Waals surface area contributed by atoms with Crippen molar-refractivity contribution in [1.82, 2.24) is 0 Å². The van der Waals surface area contributed by atoms with Crippen LogP contribution in [0.4, 0.5) is 18.9 Å². The Labute approximate surface area is 120 Å². The molecule has 0 radical (unpaired) electrons. The fourth-order valence-corrected chi connectivity index (χ4v) is 1.71. The first-order valence-corrected chi connectivity index (χ1v) is 6.33. The average Bonchev–Trinajstić information content (AvgIpc) is 2.41. The minimum atomic E-state index is -4.38. The van der Waals surface area contributed by atoms with Gasteiger partial charge < -0.3 is 15.7 Å². The number of amidine groups is 1. The number of nitro groups is 1. The van der Waals surface area contributed by atoms with Crippen molar-refractivity contribution in [2.75, 3.05) is 12.4 Å². The number of rotatable bonds is 6. The van der Waals surface area contributed by atoms with Crippen LogP contribution in [-0.2, 0) is 0 Å². The summed E-state index contributed by atoms with van der Waals surface area (Å²) in [5.74, 6) is -0.933. The van der Waals surface area contributed by atoms with Crippen molar-refractivity contribution in [2.24, 2.45) is 10.9 Å². The van der Waals surface area contributed by atoms with Crippen LogP contribution in [0.2, 0.25) is 0 Å². The SMILES string of the molecule is N/C(=N/O)c1ccc(OCCSC(F)(F)F)c([N+](=O)[O-])c1. The van der Waals surface area contributed by atoms with Gasteiger partial charge in [-0.15, -0.1) is 0 Å². The Kier molecular flexibility index (Phi) is 5.64. The summed E-state index contributed by atoms with van der Waals surface area (Å²) in [5, 5.41) is 22.1. The molecule has 0 amide bonds. The zero-order valence-electron chi connectivity index (χ0n) is 10.3. The smallest absolute Gasteiger partial charge is 0.441 e. The highest BCUT2D eigenvalue weighted by molar-refractivity contribution is 8.00. The quantitative estimate of drug-likeness (QED) is 0.207. The zero-order valence-corrected chi connectivity index (χ0v) is 11.1. The summed E-state index contributed by atoms with van der Waals surface area (Å²) >= 11 is -0.288. The van der Waals surface area contributed by atoms with E-state index < -0.39 is 21.9 Å². The van der Waals surface area contributed by atoms with E-state index in [0.29, 0.717) is 0 Å². The third kappa shape index (κ3) is 5.38. The van der Waals surface area contributed by atoms with Crippen LogP contribution >= 0.6 is 11.8 Å². The van der Waals surface area contributed by atoms with Gasteiger partial charge in [-0.1, -0.05) is 5.16 Å². The number of nitro benzene ring substituents is 1. The lowest BCUT2D eigenvalue weighted by atomic mass is 10.1. The highest BCUT2D eigenvalue weighted by Crippen LogP contribution is 2.31. The van der Waals surface area contributed by atoms with Crippen molar-refractivity contribution in [3.8, 4) is 5.75 Å². The molecule has 0 unspecified atom stereocenters. The van der Waals surface area contributed by atoms with Crippen molar-refractivity contribution in [3.05, 3.63) is 33.9 Å². The molecule has 3 N–H and O–H groups in total. The molecule has 1 aromatic rings. The van der Waals surface area contributed by atoms with Crippen LogP contribution < -0.4 is 10.5 Å². The summed E-state index contributed by atoms with van der Waals surface area (Å²) in [5.41, 5.74) is 0.502. The molecule has 0 aliphatic rings. The largest absolute Gasteiger partial charge is 0.486 e. The number of oxime groups is 1. The minimum Gasteiger partial charge on any atom is -0.486 e. The monoisotopic (exact) mass is 325 g/mol. The Hall–Kier alpha value is -2.17. The summed E-state index contributed by atoms with van der Waals surface area (Å²) in [6.07, 6.45) is 0. The maximum Gasteiger partial charge on any atom is 0.441 e. The predicted octanol–water partition coefficient (Wildman–Crippen LogP) is 2.32. The van der Waals surface area contributed by atoms with Gasteiger partial charge in [-0.2, -0.15) is 13.2 Å². The number of ether oxygens (including phenoxy) is 1. The summed E-state index contributed by atoms with van der Waals surface area (Å²) in [4.78, 5) is 10.1. The number of thioether (sulfide) groups is 1. The van der Waals surface area contributed by atoms with Crippen LogP contribution in [0.25, 0.3) is 0 Å². The normalized spacial score (nSPS) is 12.2. The molecule has 21 heavy (non-hydrogen) atoms. The van der Waals surface area contributed by atoms with Crippen LogP contribution in [0, 0.1) is 10.1 Å². The number of hydrogen-bond acceptors (Lipinski definition) is 6. The minimum absolute atomic E-state index is 0.0845. The Balaban J connectivity index is 2.80. The molecule has 0 heterocycles. The van der Waals surface area contributed by atoms with E-state index in [9.17, 15) is 23.3 Å². The van der Waals surface area contributed by atoms with Gasteiger partial charge in [0.05, 0.1) is 11.5 Å². The Bertz CT molecular complexity index is 551. The maximum atomic E-state index is 11.9. The number of nitrogens with two attached hydrogens (primary N) is 1. The van der Waals surface area contributed by atoms with E-state index in [0.717, 1.165) is 6.07 Å². The van der Waals surface area contributed by atoms with E-state index >= 15 is 0 Å².